The van der Waals surface area contributed by atoms with Gasteiger partial charge in [-0.3, -0.25) is 0 Å². The average molecular weight is 671 g/mol. The molecule has 0 unspecified atom stereocenters. The van der Waals surface area contributed by atoms with E-state index in [0.717, 1.165) is 79.0 Å². The fourth-order valence-electron chi connectivity index (χ4n) is 6.71. The van der Waals surface area contributed by atoms with Crippen LogP contribution in [0.25, 0.3) is 33.9 Å². The van der Waals surface area contributed by atoms with Crippen LogP contribution in [0.1, 0.15) is 52.3 Å². The van der Waals surface area contributed by atoms with Gasteiger partial charge in [0.1, 0.15) is 5.75 Å². The van der Waals surface area contributed by atoms with Crippen LogP contribution in [0.15, 0.2) is 206 Å². The van der Waals surface area contributed by atoms with Crippen LogP contribution in [0, 0.1) is 0 Å². The number of allylic oxidation sites excluding steroid dienone is 4. The second-order valence-electron chi connectivity index (χ2n) is 12.7. The van der Waals surface area contributed by atoms with E-state index in [1.807, 2.05) is 0 Å². The molecule has 0 aliphatic rings. The van der Waals surface area contributed by atoms with Gasteiger partial charge in [0.05, 0.1) is 6.61 Å². The molecule has 0 N–H and O–H groups in total. The summed E-state index contributed by atoms with van der Waals surface area (Å²) in [6, 6.07) is 73.5. The van der Waals surface area contributed by atoms with E-state index in [4.69, 9.17) is 4.74 Å². The van der Waals surface area contributed by atoms with Gasteiger partial charge >= 0.3 is 0 Å². The predicted octanol–water partition coefficient (Wildman–Crippen LogP) is 13.3. The number of hydrogen-bond donors (Lipinski definition) is 0. The standard InChI is InChI=1S/C51H42O/c1-2-37-52-46-35-33-45(34-36-46)48(41-25-13-5-14-26-41)50(43-29-17-7-18-30-43)51(44-31-19-8-20-32-44)49(42-27-15-6-16-28-42)47(40-23-11-4-12-24-40)38-39-21-9-3-10-22-39/h3-36,38H,2,37H2,1H3/b47-38-,50-48-,51-49-. The summed E-state index contributed by atoms with van der Waals surface area (Å²) in [4.78, 5) is 0. The number of rotatable bonds is 12. The van der Waals surface area contributed by atoms with Crippen molar-refractivity contribution >= 4 is 33.9 Å². The minimum atomic E-state index is 0.688. The Morgan fingerprint density at radius 3 is 1.25 bits per heavy atom. The monoisotopic (exact) mass is 670 g/mol. The Balaban J connectivity index is 1.69. The van der Waals surface area contributed by atoms with Gasteiger partial charge in [-0.05, 0) is 91.4 Å². The third kappa shape index (κ3) is 7.96. The molecule has 52 heavy (non-hydrogen) atoms. The summed E-state index contributed by atoms with van der Waals surface area (Å²) in [5.74, 6) is 0.875. The first-order valence-corrected chi connectivity index (χ1v) is 18.1. The van der Waals surface area contributed by atoms with E-state index in [-0.39, 0.29) is 0 Å². The Morgan fingerprint density at radius 2 is 0.769 bits per heavy atom. The van der Waals surface area contributed by atoms with Gasteiger partial charge in [-0.25, -0.2) is 0 Å². The fourth-order valence-corrected chi connectivity index (χ4v) is 6.71. The van der Waals surface area contributed by atoms with Crippen molar-refractivity contribution in [2.75, 3.05) is 6.61 Å². The highest BCUT2D eigenvalue weighted by atomic mass is 16.5. The molecule has 0 spiro atoms. The summed E-state index contributed by atoms with van der Waals surface area (Å²) in [6.45, 7) is 2.82. The molecule has 0 saturated heterocycles. The maximum Gasteiger partial charge on any atom is 0.119 e. The van der Waals surface area contributed by atoms with Gasteiger partial charge in [0.25, 0.3) is 0 Å². The third-order valence-corrected chi connectivity index (χ3v) is 9.08. The molecule has 252 valence electrons. The zero-order chi connectivity index (χ0) is 35.4. The lowest BCUT2D eigenvalue weighted by Gasteiger charge is -2.26. The Kier molecular flexibility index (Phi) is 11.1. The quantitative estimate of drug-likeness (QED) is 0.0929. The van der Waals surface area contributed by atoms with E-state index in [1.165, 1.54) is 0 Å². The van der Waals surface area contributed by atoms with Crippen molar-refractivity contribution < 1.29 is 4.74 Å². The zero-order valence-electron chi connectivity index (χ0n) is 29.5. The lowest BCUT2D eigenvalue weighted by molar-refractivity contribution is 0.317. The molecule has 0 aromatic heterocycles. The minimum Gasteiger partial charge on any atom is -0.494 e. The Labute approximate surface area is 308 Å². The second-order valence-corrected chi connectivity index (χ2v) is 12.7. The fraction of sp³-hybridized carbons (Fsp3) is 0.0588. The third-order valence-electron chi connectivity index (χ3n) is 9.08. The highest BCUT2D eigenvalue weighted by molar-refractivity contribution is 6.31. The van der Waals surface area contributed by atoms with E-state index >= 15 is 0 Å². The van der Waals surface area contributed by atoms with Crippen molar-refractivity contribution in [1.82, 2.24) is 0 Å². The zero-order valence-corrected chi connectivity index (χ0v) is 29.5. The molecule has 7 aromatic rings. The average Bonchev–Trinajstić information content (AvgIpc) is 3.23. The molecule has 1 heteroatoms. The van der Waals surface area contributed by atoms with Gasteiger partial charge in [0, 0.05) is 0 Å². The molecule has 7 rings (SSSR count). The maximum absolute atomic E-state index is 6.06. The maximum atomic E-state index is 6.06. The van der Waals surface area contributed by atoms with Crippen molar-refractivity contribution in [3.8, 4) is 5.75 Å². The second kappa shape index (κ2) is 17.0. The summed E-state index contributed by atoms with van der Waals surface area (Å²) < 4.78 is 6.06. The van der Waals surface area contributed by atoms with Crippen LogP contribution in [0.2, 0.25) is 0 Å². The smallest absolute Gasteiger partial charge is 0.119 e. The minimum absolute atomic E-state index is 0.688. The van der Waals surface area contributed by atoms with E-state index in [0.29, 0.717) is 6.61 Å². The van der Waals surface area contributed by atoms with Crippen molar-refractivity contribution in [3.05, 3.63) is 245 Å². The van der Waals surface area contributed by atoms with Gasteiger partial charge in [-0.1, -0.05) is 201 Å². The number of ether oxygens (including phenoxy) is 1. The molecule has 0 saturated carbocycles. The molecular weight excluding hydrogens is 629 g/mol. The molecule has 1 nitrogen and oxygen atoms in total. The van der Waals surface area contributed by atoms with Crippen LogP contribution >= 0.6 is 0 Å². The number of hydrogen-bond acceptors (Lipinski definition) is 1. The molecule has 0 atom stereocenters. The molecular formula is C51H42O. The summed E-state index contributed by atoms with van der Waals surface area (Å²) in [5.41, 5.74) is 13.7. The summed E-state index contributed by atoms with van der Waals surface area (Å²) in [5, 5.41) is 0. The van der Waals surface area contributed by atoms with Crippen molar-refractivity contribution in [2.45, 2.75) is 13.3 Å². The predicted molar refractivity (Wildman–Crippen MR) is 221 cm³/mol. The highest BCUT2D eigenvalue weighted by Gasteiger charge is 2.25. The van der Waals surface area contributed by atoms with Crippen molar-refractivity contribution in [3.63, 3.8) is 0 Å². The van der Waals surface area contributed by atoms with Crippen molar-refractivity contribution in [2.24, 2.45) is 0 Å². The molecule has 7 aromatic carbocycles. The Morgan fingerprint density at radius 1 is 0.385 bits per heavy atom. The Bertz CT molecular complexity index is 2250. The van der Waals surface area contributed by atoms with Crippen LogP contribution in [0.4, 0.5) is 0 Å². The molecule has 0 fully saturated rings. The molecule has 0 bridgehead atoms. The summed E-state index contributed by atoms with van der Waals surface area (Å²) in [6.07, 6.45) is 3.30. The van der Waals surface area contributed by atoms with Crippen LogP contribution in [0.5, 0.6) is 5.75 Å². The van der Waals surface area contributed by atoms with Gasteiger partial charge < -0.3 is 4.74 Å². The van der Waals surface area contributed by atoms with Gasteiger partial charge in [0.15, 0.2) is 0 Å². The number of benzene rings is 7. The first-order valence-electron chi connectivity index (χ1n) is 18.1. The molecule has 0 heterocycles. The SMILES string of the molecule is CCCOc1ccc(\C(=C(/C(=C(\C(=C/c2ccccc2)c2ccccc2)c2ccccc2)c2ccccc2)c2ccccc2)c2ccccc2)cc1. The first kappa shape index (κ1) is 34.0. The molecule has 0 aliphatic carbocycles. The van der Waals surface area contributed by atoms with Crippen LogP contribution < -0.4 is 4.74 Å². The summed E-state index contributed by atoms with van der Waals surface area (Å²) in [7, 11) is 0. The Hall–Kier alpha value is -6.44. The normalized spacial score (nSPS) is 12.4. The van der Waals surface area contributed by atoms with Gasteiger partial charge in [-0.15, -0.1) is 0 Å². The van der Waals surface area contributed by atoms with Crippen LogP contribution in [-0.2, 0) is 0 Å². The first-order chi connectivity index (χ1) is 25.8. The topological polar surface area (TPSA) is 9.23 Å². The van der Waals surface area contributed by atoms with Crippen LogP contribution in [-0.4, -0.2) is 6.61 Å². The van der Waals surface area contributed by atoms with Gasteiger partial charge in [-0.2, -0.15) is 0 Å². The molecule has 0 aliphatic heterocycles. The molecule has 0 amide bonds. The van der Waals surface area contributed by atoms with E-state index in [1.54, 1.807) is 0 Å². The lowest BCUT2D eigenvalue weighted by Crippen LogP contribution is -2.03. The van der Waals surface area contributed by atoms with Crippen molar-refractivity contribution in [1.29, 1.82) is 0 Å². The largest absolute Gasteiger partial charge is 0.494 e. The van der Waals surface area contributed by atoms with E-state index in [9.17, 15) is 0 Å². The highest BCUT2D eigenvalue weighted by Crippen LogP contribution is 2.48. The van der Waals surface area contributed by atoms with E-state index in [2.05, 4.69) is 219 Å². The molecule has 0 radical (unpaired) electrons. The van der Waals surface area contributed by atoms with Crippen LogP contribution in [0.3, 0.4) is 0 Å². The van der Waals surface area contributed by atoms with Gasteiger partial charge in [0.2, 0.25) is 0 Å². The van der Waals surface area contributed by atoms with E-state index < -0.39 is 0 Å². The lowest BCUT2D eigenvalue weighted by atomic mass is 9.77. The summed E-state index contributed by atoms with van der Waals surface area (Å²) >= 11 is 0.